The zero-order valence-electron chi connectivity index (χ0n) is 11.3. The summed E-state index contributed by atoms with van der Waals surface area (Å²) in [6.07, 6.45) is 1.95. The van der Waals surface area contributed by atoms with Gasteiger partial charge in [-0.25, -0.2) is 0 Å². The van der Waals surface area contributed by atoms with Crippen LogP contribution in [0.5, 0.6) is 5.75 Å². The Morgan fingerprint density at radius 3 is 2.55 bits per heavy atom. The number of aliphatic hydroxyl groups is 1. The molecule has 2 heterocycles. The second-order valence-electron chi connectivity index (χ2n) is 4.56. The summed E-state index contributed by atoms with van der Waals surface area (Å²) in [5.41, 5.74) is 0.830. The van der Waals surface area contributed by atoms with Crippen LogP contribution in [0.4, 0.5) is 0 Å². The van der Waals surface area contributed by atoms with Gasteiger partial charge in [-0.15, -0.1) is 0 Å². The summed E-state index contributed by atoms with van der Waals surface area (Å²) in [6.45, 7) is 3.92. The molecule has 1 unspecified atom stereocenters. The third-order valence-electron chi connectivity index (χ3n) is 2.86. The van der Waals surface area contributed by atoms with E-state index in [1.165, 1.54) is 19.4 Å². The number of rotatable bonds is 4. The van der Waals surface area contributed by atoms with Crippen molar-refractivity contribution >= 4 is 23.2 Å². The number of aromatic nitrogens is 3. The second kappa shape index (κ2) is 5.99. The summed E-state index contributed by atoms with van der Waals surface area (Å²) in [5.74, 6) is 0.485. The molecule has 0 aliphatic rings. The van der Waals surface area contributed by atoms with Crippen LogP contribution in [0.3, 0.4) is 0 Å². The molecule has 0 bridgehead atoms. The predicted molar refractivity (Wildman–Crippen MR) is 77.5 cm³/mol. The summed E-state index contributed by atoms with van der Waals surface area (Å²) in [7, 11) is 1.52. The number of aliphatic hydroxyl groups excluding tert-OH is 1. The molecule has 0 saturated carbocycles. The molecule has 7 heteroatoms. The van der Waals surface area contributed by atoms with E-state index >= 15 is 0 Å². The Morgan fingerprint density at radius 2 is 2.00 bits per heavy atom. The molecule has 5 nitrogen and oxygen atoms in total. The number of halogens is 2. The minimum absolute atomic E-state index is 0.0645. The van der Waals surface area contributed by atoms with Gasteiger partial charge in [0.2, 0.25) is 0 Å². The van der Waals surface area contributed by atoms with E-state index in [9.17, 15) is 5.11 Å². The fourth-order valence-corrected chi connectivity index (χ4v) is 2.42. The minimum atomic E-state index is -1.04. The Morgan fingerprint density at radius 1 is 1.30 bits per heavy atom. The fraction of sp³-hybridized carbons (Fsp3) is 0.385. The van der Waals surface area contributed by atoms with E-state index in [4.69, 9.17) is 27.9 Å². The van der Waals surface area contributed by atoms with Crippen molar-refractivity contribution in [3.05, 3.63) is 39.9 Å². The normalized spacial score (nSPS) is 12.8. The first kappa shape index (κ1) is 15.1. The van der Waals surface area contributed by atoms with Crippen molar-refractivity contribution in [2.24, 2.45) is 0 Å². The van der Waals surface area contributed by atoms with Crippen molar-refractivity contribution in [3.8, 4) is 5.75 Å². The van der Waals surface area contributed by atoms with Gasteiger partial charge in [-0.3, -0.25) is 9.67 Å². The summed E-state index contributed by atoms with van der Waals surface area (Å²) in [4.78, 5) is 4.10. The number of hydrogen-bond acceptors (Lipinski definition) is 4. The van der Waals surface area contributed by atoms with Crippen molar-refractivity contribution in [3.63, 3.8) is 0 Å². The van der Waals surface area contributed by atoms with Crippen LogP contribution in [-0.4, -0.2) is 27.0 Å². The standard InChI is InChI=1S/C13H15Cl2N3O2/c1-7(2)18-12(10(20-3)6-17-18)13(19)11-9(15)4-8(14)5-16-11/h4-7,13,19H,1-3H3. The van der Waals surface area contributed by atoms with Crippen molar-refractivity contribution < 1.29 is 9.84 Å². The molecule has 108 valence electrons. The topological polar surface area (TPSA) is 60.2 Å². The van der Waals surface area contributed by atoms with Gasteiger partial charge in [-0.1, -0.05) is 23.2 Å². The molecule has 2 aromatic rings. The lowest BCUT2D eigenvalue weighted by Crippen LogP contribution is -2.14. The zero-order chi connectivity index (χ0) is 14.9. The van der Waals surface area contributed by atoms with Gasteiger partial charge in [-0.2, -0.15) is 5.10 Å². The smallest absolute Gasteiger partial charge is 0.163 e. The number of ether oxygens (including phenoxy) is 1. The van der Waals surface area contributed by atoms with Crippen molar-refractivity contribution in [1.82, 2.24) is 14.8 Å². The molecule has 1 N–H and O–H groups in total. The van der Waals surface area contributed by atoms with Gasteiger partial charge in [0, 0.05) is 12.2 Å². The molecule has 0 amide bonds. The van der Waals surface area contributed by atoms with Crippen LogP contribution in [0.2, 0.25) is 10.0 Å². The Balaban J connectivity index is 2.52. The largest absolute Gasteiger partial charge is 0.493 e. The highest BCUT2D eigenvalue weighted by Gasteiger charge is 2.25. The lowest BCUT2D eigenvalue weighted by molar-refractivity contribution is 0.195. The summed E-state index contributed by atoms with van der Waals surface area (Å²) < 4.78 is 6.92. The summed E-state index contributed by atoms with van der Waals surface area (Å²) >= 11 is 11.9. The second-order valence-corrected chi connectivity index (χ2v) is 5.40. The first-order chi connectivity index (χ1) is 9.45. The minimum Gasteiger partial charge on any atom is -0.493 e. The molecule has 0 radical (unpaired) electrons. The molecule has 0 aliphatic carbocycles. The first-order valence-corrected chi connectivity index (χ1v) is 6.81. The molecular formula is C13H15Cl2N3O2. The van der Waals surface area contributed by atoms with Crippen LogP contribution in [0, 0.1) is 0 Å². The number of nitrogens with zero attached hydrogens (tertiary/aromatic N) is 3. The molecule has 0 aliphatic heterocycles. The van der Waals surface area contributed by atoms with E-state index in [1.54, 1.807) is 10.9 Å². The van der Waals surface area contributed by atoms with Crippen molar-refractivity contribution in [2.45, 2.75) is 26.0 Å². The van der Waals surface area contributed by atoms with E-state index in [0.29, 0.717) is 27.2 Å². The van der Waals surface area contributed by atoms with Crippen molar-refractivity contribution in [1.29, 1.82) is 0 Å². The van der Waals surface area contributed by atoms with Crippen LogP contribution in [-0.2, 0) is 0 Å². The average molecular weight is 316 g/mol. The van der Waals surface area contributed by atoms with E-state index < -0.39 is 6.10 Å². The fourth-order valence-electron chi connectivity index (χ4n) is 1.94. The summed E-state index contributed by atoms with van der Waals surface area (Å²) in [6, 6.07) is 1.60. The summed E-state index contributed by atoms with van der Waals surface area (Å²) in [5, 5.41) is 15.5. The van der Waals surface area contributed by atoms with E-state index in [1.807, 2.05) is 13.8 Å². The number of hydrogen-bond donors (Lipinski definition) is 1. The highest BCUT2D eigenvalue weighted by Crippen LogP contribution is 2.34. The van der Waals surface area contributed by atoms with Gasteiger partial charge < -0.3 is 9.84 Å². The molecular weight excluding hydrogens is 301 g/mol. The Hall–Kier alpha value is -1.30. The van der Waals surface area contributed by atoms with Crippen LogP contribution in [0.25, 0.3) is 0 Å². The van der Waals surface area contributed by atoms with E-state index in [0.717, 1.165) is 0 Å². The van der Waals surface area contributed by atoms with Crippen LogP contribution in [0.1, 0.15) is 37.4 Å². The van der Waals surface area contributed by atoms with E-state index in [-0.39, 0.29) is 6.04 Å². The van der Waals surface area contributed by atoms with Crippen LogP contribution >= 0.6 is 23.2 Å². The maximum Gasteiger partial charge on any atom is 0.163 e. The van der Waals surface area contributed by atoms with Gasteiger partial charge >= 0.3 is 0 Å². The van der Waals surface area contributed by atoms with Gasteiger partial charge in [0.25, 0.3) is 0 Å². The SMILES string of the molecule is COc1cnn(C(C)C)c1C(O)c1ncc(Cl)cc1Cl. The lowest BCUT2D eigenvalue weighted by atomic mass is 10.1. The maximum absolute atomic E-state index is 10.6. The molecule has 20 heavy (non-hydrogen) atoms. The average Bonchev–Trinajstić information content (AvgIpc) is 2.81. The Kier molecular flexibility index (Phi) is 4.52. The van der Waals surface area contributed by atoms with Gasteiger partial charge in [-0.05, 0) is 19.9 Å². The molecule has 0 saturated heterocycles. The molecule has 0 spiro atoms. The highest BCUT2D eigenvalue weighted by molar-refractivity contribution is 6.34. The monoisotopic (exact) mass is 315 g/mol. The quantitative estimate of drug-likeness (QED) is 0.940. The molecule has 2 rings (SSSR count). The molecule has 0 fully saturated rings. The maximum atomic E-state index is 10.6. The third kappa shape index (κ3) is 2.75. The first-order valence-electron chi connectivity index (χ1n) is 6.06. The third-order valence-corrected chi connectivity index (χ3v) is 3.37. The number of methoxy groups -OCH3 is 1. The van der Waals surface area contributed by atoms with Gasteiger partial charge in [0.15, 0.2) is 5.75 Å². The molecule has 2 aromatic heterocycles. The van der Waals surface area contributed by atoms with Crippen LogP contribution in [0.15, 0.2) is 18.5 Å². The number of pyridine rings is 1. The van der Waals surface area contributed by atoms with Gasteiger partial charge in [0.1, 0.15) is 11.8 Å². The molecule has 0 aromatic carbocycles. The van der Waals surface area contributed by atoms with Crippen LogP contribution < -0.4 is 4.74 Å². The van der Waals surface area contributed by atoms with Crippen molar-refractivity contribution in [2.75, 3.05) is 7.11 Å². The predicted octanol–water partition coefficient (Wildman–Crippen LogP) is 3.26. The zero-order valence-corrected chi connectivity index (χ0v) is 12.9. The van der Waals surface area contributed by atoms with E-state index in [2.05, 4.69) is 10.1 Å². The van der Waals surface area contributed by atoms with Gasteiger partial charge in [0.05, 0.1) is 29.0 Å². The Bertz CT molecular complexity index is 614. The lowest BCUT2D eigenvalue weighted by Gasteiger charge is -2.17. The highest BCUT2D eigenvalue weighted by atomic mass is 35.5. The Labute approximate surface area is 127 Å². The molecule has 1 atom stereocenters.